The molecule has 0 saturated carbocycles. The van der Waals surface area contributed by atoms with Crippen LogP contribution in [0.25, 0.3) is 11.1 Å². The fourth-order valence-corrected chi connectivity index (χ4v) is 9.42. The number of carbonyl (C=O) groups excluding carboxylic acids is 2. The molecule has 6 heteroatoms. The van der Waals surface area contributed by atoms with Crippen LogP contribution < -0.4 is 0 Å². The summed E-state index contributed by atoms with van der Waals surface area (Å²) in [6, 6.07) is 18.1. The van der Waals surface area contributed by atoms with Gasteiger partial charge in [-0.05, 0) is 112 Å². The van der Waals surface area contributed by atoms with Gasteiger partial charge < -0.3 is 18.4 Å². The minimum Gasteiger partial charge on any atom is -0.462 e. The number of esters is 2. The van der Waals surface area contributed by atoms with Crippen molar-refractivity contribution in [3.05, 3.63) is 83.0 Å². The highest BCUT2D eigenvalue weighted by Gasteiger charge is 2.33. The molecule has 4 rings (SSSR count). The van der Waals surface area contributed by atoms with Gasteiger partial charge in [-0.2, -0.15) is 0 Å². The van der Waals surface area contributed by atoms with Gasteiger partial charge in [0.25, 0.3) is 0 Å². The number of hydrogen-bond acceptors (Lipinski definition) is 4. The fourth-order valence-electron chi connectivity index (χ4n) is 9.42. The third-order valence-corrected chi connectivity index (χ3v) is 13.3. The summed E-state index contributed by atoms with van der Waals surface area (Å²) in [5.74, 6) is -0.0357. The molecule has 60 heavy (non-hydrogen) atoms. The number of likely N-dealkylation sites (tertiary alicyclic amines) is 2. The van der Waals surface area contributed by atoms with E-state index in [-0.39, 0.29) is 11.9 Å². The lowest BCUT2D eigenvalue weighted by Gasteiger charge is -2.40. The maximum Gasteiger partial charge on any atom is 0.361 e. The normalized spacial score (nSPS) is 16.7. The van der Waals surface area contributed by atoms with Crippen LogP contribution in [-0.4, -0.2) is 86.5 Å². The number of rotatable bonds is 29. The molecule has 0 spiro atoms. The minimum absolute atomic E-state index is 0.0178. The molecule has 334 valence electrons. The first-order chi connectivity index (χ1) is 29.2. The first kappa shape index (κ1) is 49.4. The molecule has 2 fully saturated rings. The Balaban J connectivity index is 1.21. The Morgan fingerprint density at radius 1 is 0.483 bits per heavy atom. The Hall–Kier alpha value is -3.22. The van der Waals surface area contributed by atoms with Crippen molar-refractivity contribution in [3.63, 3.8) is 0 Å². The molecule has 0 radical (unpaired) electrons. The number of quaternary nitrogens is 2. The van der Waals surface area contributed by atoms with Crippen molar-refractivity contribution < 1.29 is 28.0 Å². The largest absolute Gasteiger partial charge is 0.462 e. The maximum atomic E-state index is 12.9. The molecule has 0 amide bonds. The third-order valence-electron chi connectivity index (χ3n) is 13.3. The van der Waals surface area contributed by atoms with Crippen molar-refractivity contribution >= 4 is 11.9 Å². The number of unbranched alkanes of at least 4 members (excludes halogenated alkanes) is 12. The molecule has 2 aromatic carbocycles. The van der Waals surface area contributed by atoms with Crippen LogP contribution in [-0.2, 0) is 31.9 Å². The van der Waals surface area contributed by atoms with E-state index in [2.05, 4.69) is 88.4 Å². The average molecular weight is 827 g/mol. The van der Waals surface area contributed by atoms with Crippen LogP contribution >= 0.6 is 0 Å². The monoisotopic (exact) mass is 827 g/mol. The third kappa shape index (κ3) is 19.2. The van der Waals surface area contributed by atoms with Gasteiger partial charge in [0.05, 0.1) is 52.5 Å². The lowest BCUT2D eigenvalue weighted by molar-refractivity contribution is -0.920. The zero-order valence-electron chi connectivity index (χ0n) is 38.9. The van der Waals surface area contributed by atoms with E-state index in [1.807, 2.05) is 0 Å². The number of carbonyl (C=O) groups is 2. The van der Waals surface area contributed by atoms with E-state index in [1.54, 1.807) is 0 Å². The molecular formula is C54H86N2O4+2. The molecular weight excluding hydrogens is 741 g/mol. The van der Waals surface area contributed by atoms with Gasteiger partial charge in [-0.3, -0.25) is 0 Å². The van der Waals surface area contributed by atoms with Gasteiger partial charge in [0, 0.05) is 0 Å². The second-order valence-corrected chi connectivity index (χ2v) is 18.9. The van der Waals surface area contributed by atoms with E-state index in [1.165, 1.54) is 136 Å². The zero-order valence-corrected chi connectivity index (χ0v) is 38.9. The van der Waals surface area contributed by atoms with Gasteiger partial charge in [-0.1, -0.05) is 151 Å². The fraction of sp³-hybridized carbons (Fsp3) is 0.667. The van der Waals surface area contributed by atoms with Crippen LogP contribution in [0.5, 0.6) is 0 Å². The van der Waals surface area contributed by atoms with Crippen molar-refractivity contribution in [2.45, 2.75) is 169 Å². The van der Waals surface area contributed by atoms with E-state index in [9.17, 15) is 9.59 Å². The summed E-state index contributed by atoms with van der Waals surface area (Å²) in [6.45, 7) is 17.2. The average Bonchev–Trinajstić information content (AvgIpc) is 3.25. The molecule has 0 atom stereocenters. The summed E-state index contributed by atoms with van der Waals surface area (Å²) in [4.78, 5) is 25.9. The van der Waals surface area contributed by atoms with Gasteiger partial charge in [0.1, 0.15) is 0 Å². The van der Waals surface area contributed by atoms with E-state index in [0.29, 0.717) is 26.3 Å². The molecule has 2 aliphatic rings. The van der Waals surface area contributed by atoms with Crippen LogP contribution in [0.4, 0.5) is 0 Å². The number of hydrogen-bond donors (Lipinski definition) is 0. The van der Waals surface area contributed by atoms with Crippen molar-refractivity contribution in [3.8, 4) is 11.1 Å². The van der Waals surface area contributed by atoms with Crippen molar-refractivity contribution in [2.75, 3.05) is 65.6 Å². The number of nitrogens with zero attached hydrogens (tertiary/aromatic N) is 2. The van der Waals surface area contributed by atoms with Gasteiger partial charge in [-0.15, -0.1) is 0 Å². The molecule has 0 unspecified atom stereocenters. The van der Waals surface area contributed by atoms with E-state index in [4.69, 9.17) is 9.47 Å². The van der Waals surface area contributed by atoms with Crippen LogP contribution in [0.3, 0.4) is 0 Å². The Kier molecular flexibility index (Phi) is 23.4. The van der Waals surface area contributed by atoms with Gasteiger partial charge >= 0.3 is 11.9 Å². The molecule has 2 heterocycles. The quantitative estimate of drug-likeness (QED) is 0.0355. The lowest BCUT2D eigenvalue weighted by Crippen LogP contribution is -2.54. The minimum atomic E-state index is -0.0178. The zero-order chi connectivity index (χ0) is 42.7. The highest BCUT2D eigenvalue weighted by atomic mass is 16.5. The Morgan fingerprint density at radius 2 is 0.817 bits per heavy atom. The Bertz CT molecular complexity index is 1430. The Morgan fingerprint density at radius 3 is 1.17 bits per heavy atom. The summed E-state index contributed by atoms with van der Waals surface area (Å²) in [6.07, 6.45) is 31.2. The maximum absolute atomic E-state index is 12.9. The standard InChI is InChI=1S/C54H86N2O4/c1-5-7-9-11-13-15-23-41-59-53(57)45-55(35-19-17-20-36-55)39-33-47(3)43-49-25-29-51(30-26-49)52-31-27-50(28-32-52)44-48(4)34-40-56(37-21-18-22-38-56)46-54(58)60-42-24-16-14-12-10-8-6-2/h25-34H,5-24,35-46H2,1-4H3/q+2/b47-33-,48-34-. The lowest BCUT2D eigenvalue weighted by atomic mass is 9.98. The van der Waals surface area contributed by atoms with E-state index < -0.39 is 0 Å². The highest BCUT2D eigenvalue weighted by Crippen LogP contribution is 2.25. The number of piperidine rings is 2. The van der Waals surface area contributed by atoms with E-state index in [0.717, 1.165) is 86.8 Å². The first-order valence-electron chi connectivity index (χ1n) is 24.7. The van der Waals surface area contributed by atoms with Crippen LogP contribution in [0.2, 0.25) is 0 Å². The molecule has 2 aromatic rings. The molecule has 0 bridgehead atoms. The van der Waals surface area contributed by atoms with Gasteiger partial charge in [0.15, 0.2) is 13.1 Å². The summed E-state index contributed by atoms with van der Waals surface area (Å²) in [7, 11) is 0. The molecule has 2 saturated heterocycles. The SMILES string of the molecule is CCCCCCCCCOC(=O)C[N+]1(C/C=C(/C)Cc2ccc(-c3ccc(C/C(C)=C\C[N+]4(CC(=O)OCCCCCCCCC)CCCCC4)cc3)cc2)CCCCC1. The number of benzene rings is 2. The smallest absolute Gasteiger partial charge is 0.361 e. The molecule has 2 aliphatic heterocycles. The van der Waals surface area contributed by atoms with Crippen molar-refractivity contribution in [1.29, 1.82) is 0 Å². The second kappa shape index (κ2) is 28.4. The highest BCUT2D eigenvalue weighted by molar-refractivity contribution is 5.71. The van der Waals surface area contributed by atoms with Crippen LogP contribution in [0, 0.1) is 0 Å². The van der Waals surface area contributed by atoms with Crippen LogP contribution in [0.1, 0.15) is 167 Å². The number of allylic oxidation sites excluding steroid dienone is 2. The predicted octanol–water partition coefficient (Wildman–Crippen LogP) is 12.9. The summed E-state index contributed by atoms with van der Waals surface area (Å²) >= 11 is 0. The molecule has 0 aromatic heterocycles. The van der Waals surface area contributed by atoms with Crippen LogP contribution in [0.15, 0.2) is 71.8 Å². The van der Waals surface area contributed by atoms with E-state index >= 15 is 0 Å². The topological polar surface area (TPSA) is 52.6 Å². The van der Waals surface area contributed by atoms with Gasteiger partial charge in [-0.25, -0.2) is 9.59 Å². The van der Waals surface area contributed by atoms with Crippen molar-refractivity contribution in [1.82, 2.24) is 0 Å². The predicted molar refractivity (Wildman–Crippen MR) is 252 cm³/mol. The second-order valence-electron chi connectivity index (χ2n) is 18.9. The molecule has 0 N–H and O–H groups in total. The number of ether oxygens (including phenoxy) is 2. The summed E-state index contributed by atoms with van der Waals surface area (Å²) in [5, 5.41) is 0. The Labute approximate surface area is 367 Å². The van der Waals surface area contributed by atoms with Gasteiger partial charge in [0.2, 0.25) is 0 Å². The molecule has 0 aliphatic carbocycles. The first-order valence-corrected chi connectivity index (χ1v) is 24.7. The summed E-state index contributed by atoms with van der Waals surface area (Å²) in [5.41, 5.74) is 7.84. The molecule has 6 nitrogen and oxygen atoms in total. The van der Waals surface area contributed by atoms with Crippen molar-refractivity contribution in [2.24, 2.45) is 0 Å². The summed E-state index contributed by atoms with van der Waals surface area (Å²) < 4.78 is 13.2.